The van der Waals surface area contributed by atoms with Gasteiger partial charge < -0.3 is 4.74 Å². The minimum atomic E-state index is 0.682. The molecular formula is C17H16INO. The van der Waals surface area contributed by atoms with Gasteiger partial charge in [-0.05, 0) is 64.3 Å². The first-order valence-corrected chi connectivity index (χ1v) is 7.60. The molecule has 2 aromatic rings. The Bertz CT molecular complexity index is 641. The predicted molar refractivity (Wildman–Crippen MR) is 89.1 cm³/mol. The third-order valence-corrected chi connectivity index (χ3v) is 4.17. The van der Waals surface area contributed by atoms with E-state index < -0.39 is 0 Å². The van der Waals surface area contributed by atoms with E-state index in [0.29, 0.717) is 5.56 Å². The number of benzene rings is 2. The quantitative estimate of drug-likeness (QED) is 0.744. The molecule has 102 valence electrons. The van der Waals surface area contributed by atoms with Crippen molar-refractivity contribution in [3.05, 3.63) is 62.2 Å². The van der Waals surface area contributed by atoms with Crippen molar-refractivity contribution in [2.75, 3.05) is 7.11 Å². The topological polar surface area (TPSA) is 33.0 Å². The van der Waals surface area contributed by atoms with E-state index in [1.165, 1.54) is 11.1 Å². The number of rotatable bonds is 4. The Balaban J connectivity index is 2.32. The summed E-state index contributed by atoms with van der Waals surface area (Å²) in [4.78, 5) is 0. The second-order valence-corrected chi connectivity index (χ2v) is 5.76. The molecule has 0 amide bonds. The fourth-order valence-electron chi connectivity index (χ4n) is 2.11. The molecule has 0 radical (unpaired) electrons. The molecule has 0 fully saturated rings. The molecule has 0 saturated carbocycles. The van der Waals surface area contributed by atoms with Crippen LogP contribution in [-0.4, -0.2) is 7.11 Å². The molecule has 0 N–H and O–H groups in total. The summed E-state index contributed by atoms with van der Waals surface area (Å²) < 4.78 is 6.30. The molecule has 0 bridgehead atoms. The molecule has 0 aliphatic heterocycles. The van der Waals surface area contributed by atoms with Gasteiger partial charge in [0.2, 0.25) is 0 Å². The zero-order valence-corrected chi connectivity index (χ0v) is 13.8. The van der Waals surface area contributed by atoms with Crippen molar-refractivity contribution < 1.29 is 4.74 Å². The van der Waals surface area contributed by atoms with Crippen LogP contribution in [-0.2, 0) is 12.8 Å². The smallest absolute Gasteiger partial charge is 0.133 e. The molecule has 20 heavy (non-hydrogen) atoms. The SMILES string of the molecule is CCc1ccc(Cc2cc(I)c(OC)cc2C#N)cc1. The monoisotopic (exact) mass is 377 g/mol. The summed E-state index contributed by atoms with van der Waals surface area (Å²) in [6.07, 6.45) is 1.82. The van der Waals surface area contributed by atoms with E-state index in [2.05, 4.69) is 59.8 Å². The largest absolute Gasteiger partial charge is 0.496 e. The minimum Gasteiger partial charge on any atom is -0.496 e. The molecule has 0 heterocycles. The van der Waals surface area contributed by atoms with Crippen LogP contribution in [0.2, 0.25) is 0 Å². The highest BCUT2D eigenvalue weighted by molar-refractivity contribution is 14.1. The van der Waals surface area contributed by atoms with E-state index in [1.54, 1.807) is 7.11 Å². The van der Waals surface area contributed by atoms with Crippen LogP contribution in [0.4, 0.5) is 0 Å². The number of aryl methyl sites for hydroxylation is 1. The summed E-state index contributed by atoms with van der Waals surface area (Å²) in [6.45, 7) is 2.15. The first kappa shape index (κ1) is 14.9. The number of ether oxygens (including phenoxy) is 1. The molecule has 0 spiro atoms. The molecule has 0 aromatic heterocycles. The second kappa shape index (κ2) is 6.76. The maximum absolute atomic E-state index is 9.28. The highest BCUT2D eigenvalue weighted by atomic mass is 127. The lowest BCUT2D eigenvalue weighted by Crippen LogP contribution is -1.97. The third-order valence-electron chi connectivity index (χ3n) is 3.32. The highest BCUT2D eigenvalue weighted by Crippen LogP contribution is 2.26. The van der Waals surface area contributed by atoms with E-state index in [9.17, 15) is 5.26 Å². The predicted octanol–water partition coefficient (Wildman–Crippen LogP) is 4.32. The van der Waals surface area contributed by atoms with Gasteiger partial charge >= 0.3 is 0 Å². The second-order valence-electron chi connectivity index (χ2n) is 4.60. The van der Waals surface area contributed by atoms with Gasteiger partial charge in [-0.2, -0.15) is 5.26 Å². The van der Waals surface area contributed by atoms with Crippen LogP contribution in [0.5, 0.6) is 5.75 Å². The van der Waals surface area contributed by atoms with Crippen molar-refractivity contribution in [1.82, 2.24) is 0 Å². The van der Waals surface area contributed by atoms with Crippen LogP contribution >= 0.6 is 22.6 Å². The molecule has 2 aromatic carbocycles. The van der Waals surface area contributed by atoms with Crippen LogP contribution in [0.3, 0.4) is 0 Å². The maximum Gasteiger partial charge on any atom is 0.133 e. The fraction of sp³-hybridized carbons (Fsp3) is 0.235. The normalized spacial score (nSPS) is 10.1. The molecule has 0 aliphatic carbocycles. The lowest BCUT2D eigenvalue weighted by Gasteiger charge is -2.09. The van der Waals surface area contributed by atoms with E-state index in [-0.39, 0.29) is 0 Å². The van der Waals surface area contributed by atoms with Gasteiger partial charge in [0.05, 0.1) is 22.3 Å². The zero-order chi connectivity index (χ0) is 14.5. The number of nitrogens with zero attached hydrogens (tertiary/aromatic N) is 1. The molecule has 0 saturated heterocycles. The number of halogens is 1. The molecule has 0 unspecified atom stereocenters. The van der Waals surface area contributed by atoms with Crippen LogP contribution in [0.1, 0.15) is 29.2 Å². The van der Waals surface area contributed by atoms with E-state index >= 15 is 0 Å². The summed E-state index contributed by atoms with van der Waals surface area (Å²) in [5.74, 6) is 0.757. The molecule has 3 heteroatoms. The van der Waals surface area contributed by atoms with Gasteiger partial charge in [0, 0.05) is 0 Å². The molecule has 0 aliphatic rings. The summed E-state index contributed by atoms with van der Waals surface area (Å²) >= 11 is 2.24. The van der Waals surface area contributed by atoms with E-state index in [1.807, 2.05) is 12.1 Å². The van der Waals surface area contributed by atoms with Crippen molar-refractivity contribution in [2.24, 2.45) is 0 Å². The summed E-state index contributed by atoms with van der Waals surface area (Å²) in [6, 6.07) is 14.7. The average Bonchev–Trinajstić information content (AvgIpc) is 2.48. The van der Waals surface area contributed by atoms with Crippen LogP contribution < -0.4 is 4.74 Å². The Morgan fingerprint density at radius 2 is 1.80 bits per heavy atom. The molecular weight excluding hydrogens is 361 g/mol. The van der Waals surface area contributed by atoms with Crippen molar-refractivity contribution in [3.63, 3.8) is 0 Å². The summed E-state index contributed by atoms with van der Waals surface area (Å²) in [5.41, 5.74) is 4.28. The Morgan fingerprint density at radius 1 is 1.15 bits per heavy atom. The summed E-state index contributed by atoms with van der Waals surface area (Å²) in [5, 5.41) is 9.28. The number of hydrogen-bond acceptors (Lipinski definition) is 2. The van der Waals surface area contributed by atoms with Crippen molar-refractivity contribution in [1.29, 1.82) is 5.26 Å². The summed E-state index contributed by atoms with van der Waals surface area (Å²) in [7, 11) is 1.63. The van der Waals surface area contributed by atoms with Gasteiger partial charge in [0.15, 0.2) is 0 Å². The van der Waals surface area contributed by atoms with Gasteiger partial charge in [-0.1, -0.05) is 31.2 Å². The lowest BCUT2D eigenvalue weighted by atomic mass is 9.99. The van der Waals surface area contributed by atoms with E-state index in [4.69, 9.17) is 4.74 Å². The number of methoxy groups -OCH3 is 1. The molecule has 0 atom stereocenters. The van der Waals surface area contributed by atoms with Crippen LogP contribution in [0, 0.1) is 14.9 Å². The number of hydrogen-bond donors (Lipinski definition) is 0. The van der Waals surface area contributed by atoms with Crippen LogP contribution in [0.25, 0.3) is 0 Å². The highest BCUT2D eigenvalue weighted by Gasteiger charge is 2.09. The Kier molecular flexibility index (Phi) is 5.02. The maximum atomic E-state index is 9.28. The van der Waals surface area contributed by atoms with Gasteiger partial charge in [-0.15, -0.1) is 0 Å². The van der Waals surface area contributed by atoms with Crippen molar-refractivity contribution in [2.45, 2.75) is 19.8 Å². The Hall–Kier alpha value is -1.54. The third kappa shape index (κ3) is 3.31. The van der Waals surface area contributed by atoms with Gasteiger partial charge in [-0.25, -0.2) is 0 Å². The van der Waals surface area contributed by atoms with E-state index in [0.717, 1.165) is 27.7 Å². The van der Waals surface area contributed by atoms with Gasteiger partial charge in [0.1, 0.15) is 5.75 Å². The number of nitriles is 1. The van der Waals surface area contributed by atoms with Crippen LogP contribution in [0.15, 0.2) is 36.4 Å². The van der Waals surface area contributed by atoms with Gasteiger partial charge in [-0.3, -0.25) is 0 Å². The average molecular weight is 377 g/mol. The lowest BCUT2D eigenvalue weighted by molar-refractivity contribution is 0.411. The first-order chi connectivity index (χ1) is 9.67. The van der Waals surface area contributed by atoms with Crippen molar-refractivity contribution >= 4 is 22.6 Å². The molecule has 2 nitrogen and oxygen atoms in total. The Morgan fingerprint density at radius 3 is 2.35 bits per heavy atom. The van der Waals surface area contributed by atoms with Gasteiger partial charge in [0.25, 0.3) is 0 Å². The molecule has 2 rings (SSSR count). The standard InChI is InChI=1S/C17H16INO/c1-3-12-4-6-13(7-5-12)8-14-9-16(18)17(20-2)10-15(14)11-19/h4-7,9-10H,3,8H2,1-2H3. The Labute approximate surface area is 133 Å². The fourth-order valence-corrected chi connectivity index (χ4v) is 2.87. The first-order valence-electron chi connectivity index (χ1n) is 6.52. The van der Waals surface area contributed by atoms with Crippen molar-refractivity contribution in [3.8, 4) is 11.8 Å². The zero-order valence-electron chi connectivity index (χ0n) is 11.6. The minimum absolute atomic E-state index is 0.682.